The standard InChI is InChI=1S/C34H44O6/c1-33(2,3)27-15-7-25(8-16-27)31(35)39-37-29-19-11-23(12-20-29)24-13-21-30(22-14-24)38-40-32(36)26-9-17-28(18-10-26)34(4,5)6/h7-10,15-19,23-24,30H,11-14,20-22H2,1-6H3. The van der Waals surface area contributed by atoms with Gasteiger partial charge in [0, 0.05) is 6.42 Å². The lowest BCUT2D eigenvalue weighted by Crippen LogP contribution is -2.28. The molecule has 0 N–H and O–H groups in total. The molecule has 4 rings (SSSR count). The van der Waals surface area contributed by atoms with Gasteiger partial charge in [0.05, 0.1) is 11.1 Å². The minimum atomic E-state index is -0.482. The predicted molar refractivity (Wildman–Crippen MR) is 154 cm³/mol. The highest BCUT2D eigenvalue weighted by Crippen LogP contribution is 2.39. The summed E-state index contributed by atoms with van der Waals surface area (Å²) in [5.74, 6) is 0.954. The second-order valence-corrected chi connectivity index (χ2v) is 13.3. The normalized spacial score (nSPS) is 21.8. The molecule has 1 atom stereocenters. The molecule has 0 bridgehead atoms. The van der Waals surface area contributed by atoms with E-state index in [0.717, 1.165) is 56.3 Å². The highest BCUT2D eigenvalue weighted by Gasteiger charge is 2.31. The van der Waals surface area contributed by atoms with Gasteiger partial charge in [0.1, 0.15) is 6.10 Å². The van der Waals surface area contributed by atoms with Gasteiger partial charge in [0.25, 0.3) is 0 Å². The zero-order valence-electron chi connectivity index (χ0n) is 24.8. The molecular formula is C34H44O6. The van der Waals surface area contributed by atoms with Gasteiger partial charge in [-0.15, -0.1) is 0 Å². The summed E-state index contributed by atoms with van der Waals surface area (Å²) >= 11 is 0. The van der Waals surface area contributed by atoms with Crippen LogP contribution in [-0.2, 0) is 30.4 Å². The smallest absolute Gasteiger partial charge is 0.293 e. The molecule has 40 heavy (non-hydrogen) atoms. The first kappa shape index (κ1) is 29.9. The first-order valence-corrected chi connectivity index (χ1v) is 14.6. The molecule has 0 amide bonds. The van der Waals surface area contributed by atoms with Crippen LogP contribution in [0.3, 0.4) is 0 Å². The summed E-state index contributed by atoms with van der Waals surface area (Å²) in [5.41, 5.74) is 3.37. The number of benzene rings is 2. The molecule has 1 saturated carbocycles. The second-order valence-electron chi connectivity index (χ2n) is 13.3. The quantitative estimate of drug-likeness (QED) is 0.256. The van der Waals surface area contributed by atoms with Gasteiger partial charge in [-0.25, -0.2) is 14.5 Å². The van der Waals surface area contributed by atoms with E-state index < -0.39 is 11.9 Å². The number of carbonyl (C=O) groups excluding carboxylic acids is 2. The van der Waals surface area contributed by atoms with Gasteiger partial charge in [-0.05, 0) is 103 Å². The lowest BCUT2D eigenvalue weighted by atomic mass is 9.74. The Labute approximate surface area is 238 Å². The van der Waals surface area contributed by atoms with Gasteiger partial charge in [-0.3, -0.25) is 9.78 Å². The van der Waals surface area contributed by atoms with Crippen molar-refractivity contribution in [2.45, 2.75) is 103 Å². The van der Waals surface area contributed by atoms with Crippen molar-refractivity contribution in [3.63, 3.8) is 0 Å². The Morgan fingerprint density at radius 3 is 1.60 bits per heavy atom. The third-order valence-electron chi connectivity index (χ3n) is 8.25. The predicted octanol–water partition coefficient (Wildman–Crippen LogP) is 8.40. The molecular weight excluding hydrogens is 504 g/mol. The fraction of sp³-hybridized carbons (Fsp3) is 0.529. The Bertz CT molecular complexity index is 1170. The molecule has 0 spiro atoms. The molecule has 1 fully saturated rings. The number of rotatable bonds is 7. The number of hydrogen-bond acceptors (Lipinski definition) is 6. The Morgan fingerprint density at radius 2 is 1.15 bits per heavy atom. The minimum absolute atomic E-state index is 0.0286. The molecule has 0 aromatic heterocycles. The van der Waals surface area contributed by atoms with E-state index in [1.54, 1.807) is 24.3 Å². The monoisotopic (exact) mass is 548 g/mol. The summed E-state index contributed by atoms with van der Waals surface area (Å²) in [4.78, 5) is 46.1. The molecule has 2 aromatic rings. The number of allylic oxidation sites excluding steroid dienone is 2. The highest BCUT2D eigenvalue weighted by molar-refractivity contribution is 5.89. The zero-order valence-corrected chi connectivity index (χ0v) is 24.8. The Hall–Kier alpha value is -3.12. The molecule has 0 aliphatic heterocycles. The van der Waals surface area contributed by atoms with E-state index in [-0.39, 0.29) is 16.9 Å². The van der Waals surface area contributed by atoms with Crippen molar-refractivity contribution in [2.75, 3.05) is 0 Å². The van der Waals surface area contributed by atoms with E-state index in [4.69, 9.17) is 19.6 Å². The maximum Gasteiger partial charge on any atom is 0.386 e. The molecule has 216 valence electrons. The molecule has 2 aliphatic rings. The average molecular weight is 549 g/mol. The molecule has 6 nitrogen and oxygen atoms in total. The maximum atomic E-state index is 12.4. The minimum Gasteiger partial charge on any atom is -0.293 e. The fourth-order valence-electron chi connectivity index (χ4n) is 5.50. The van der Waals surface area contributed by atoms with E-state index in [1.165, 1.54) is 5.56 Å². The summed E-state index contributed by atoms with van der Waals surface area (Å²) in [6, 6.07) is 15.0. The third-order valence-corrected chi connectivity index (χ3v) is 8.25. The van der Waals surface area contributed by atoms with Crippen molar-refractivity contribution in [1.82, 2.24) is 0 Å². The van der Waals surface area contributed by atoms with E-state index >= 15 is 0 Å². The van der Waals surface area contributed by atoms with Gasteiger partial charge >= 0.3 is 11.9 Å². The van der Waals surface area contributed by atoms with Crippen LogP contribution in [0, 0.1) is 11.8 Å². The molecule has 2 aromatic carbocycles. The molecule has 6 heteroatoms. The van der Waals surface area contributed by atoms with Crippen LogP contribution in [0.4, 0.5) is 0 Å². The van der Waals surface area contributed by atoms with Crippen LogP contribution < -0.4 is 0 Å². The topological polar surface area (TPSA) is 71.1 Å². The Balaban J connectivity index is 1.16. The summed E-state index contributed by atoms with van der Waals surface area (Å²) in [6.07, 6.45) is 8.47. The van der Waals surface area contributed by atoms with E-state index in [9.17, 15) is 9.59 Å². The first-order valence-electron chi connectivity index (χ1n) is 14.6. The largest absolute Gasteiger partial charge is 0.386 e. The van der Waals surface area contributed by atoms with Gasteiger partial charge in [-0.1, -0.05) is 65.8 Å². The summed E-state index contributed by atoms with van der Waals surface area (Å²) in [5, 5.41) is 0. The summed E-state index contributed by atoms with van der Waals surface area (Å²) < 4.78 is 0. The summed E-state index contributed by atoms with van der Waals surface area (Å²) in [7, 11) is 0. The van der Waals surface area contributed by atoms with Crippen LogP contribution in [0.5, 0.6) is 0 Å². The summed E-state index contributed by atoms with van der Waals surface area (Å²) in [6.45, 7) is 12.8. The Kier molecular flexibility index (Phi) is 9.40. The van der Waals surface area contributed by atoms with Crippen molar-refractivity contribution >= 4 is 11.9 Å². The molecule has 2 aliphatic carbocycles. The van der Waals surface area contributed by atoms with Crippen LogP contribution in [0.2, 0.25) is 0 Å². The van der Waals surface area contributed by atoms with Crippen LogP contribution in [0.15, 0.2) is 60.4 Å². The average Bonchev–Trinajstić information content (AvgIpc) is 2.94. The SMILES string of the molecule is CC(C)(C)c1ccc(C(=O)OOC2=CCC(C3CCC(OOC(=O)c4ccc(C(C)(C)C)cc4)CC3)CC2)cc1. The third kappa shape index (κ3) is 7.97. The Morgan fingerprint density at radius 1 is 0.650 bits per heavy atom. The first-order chi connectivity index (χ1) is 18.9. The van der Waals surface area contributed by atoms with Gasteiger partial charge in [-0.2, -0.15) is 4.89 Å². The van der Waals surface area contributed by atoms with Crippen molar-refractivity contribution in [3.8, 4) is 0 Å². The van der Waals surface area contributed by atoms with Crippen molar-refractivity contribution in [2.24, 2.45) is 11.8 Å². The lowest BCUT2D eigenvalue weighted by molar-refractivity contribution is -0.281. The van der Waals surface area contributed by atoms with Gasteiger partial charge in [0.2, 0.25) is 0 Å². The van der Waals surface area contributed by atoms with E-state index in [1.807, 2.05) is 24.3 Å². The van der Waals surface area contributed by atoms with Crippen LogP contribution in [0.25, 0.3) is 0 Å². The lowest BCUT2D eigenvalue weighted by Gasteiger charge is -2.34. The van der Waals surface area contributed by atoms with E-state index in [0.29, 0.717) is 23.0 Å². The van der Waals surface area contributed by atoms with Crippen LogP contribution in [-0.4, -0.2) is 18.0 Å². The fourth-order valence-corrected chi connectivity index (χ4v) is 5.50. The zero-order chi connectivity index (χ0) is 28.9. The van der Waals surface area contributed by atoms with Gasteiger partial charge < -0.3 is 0 Å². The molecule has 0 heterocycles. The van der Waals surface area contributed by atoms with E-state index in [2.05, 4.69) is 47.6 Å². The maximum absolute atomic E-state index is 12.4. The van der Waals surface area contributed by atoms with Gasteiger partial charge in [0.15, 0.2) is 5.76 Å². The molecule has 1 unspecified atom stereocenters. The molecule has 0 saturated heterocycles. The molecule has 0 radical (unpaired) electrons. The van der Waals surface area contributed by atoms with Crippen molar-refractivity contribution < 1.29 is 29.1 Å². The van der Waals surface area contributed by atoms with Crippen LogP contribution in [0.1, 0.15) is 118 Å². The second kappa shape index (κ2) is 12.6. The number of carbonyl (C=O) groups is 2. The highest BCUT2D eigenvalue weighted by atomic mass is 17.2. The van der Waals surface area contributed by atoms with Crippen LogP contribution >= 0.6 is 0 Å². The van der Waals surface area contributed by atoms with Crippen molar-refractivity contribution in [3.05, 3.63) is 82.6 Å². The number of hydrogen-bond donors (Lipinski definition) is 0. The van der Waals surface area contributed by atoms with Crippen molar-refractivity contribution in [1.29, 1.82) is 0 Å².